The van der Waals surface area contributed by atoms with Gasteiger partial charge in [0.15, 0.2) is 0 Å². The summed E-state index contributed by atoms with van der Waals surface area (Å²) in [6.45, 7) is 4.95. The van der Waals surface area contributed by atoms with Crippen LogP contribution in [0.2, 0.25) is 5.02 Å². The Morgan fingerprint density at radius 1 is 1.15 bits per heavy atom. The number of pyridine rings is 1. The van der Waals surface area contributed by atoms with E-state index in [0.717, 1.165) is 5.69 Å². The number of carbonyl (C=O) groups is 1. The molecule has 8 heteroatoms. The summed E-state index contributed by atoms with van der Waals surface area (Å²) in [4.78, 5) is 22.6. The molecule has 4 rings (SSSR count). The summed E-state index contributed by atoms with van der Waals surface area (Å²) in [6.07, 6.45) is 0. The van der Waals surface area contributed by atoms with Gasteiger partial charge in [-0.1, -0.05) is 17.7 Å². The van der Waals surface area contributed by atoms with Crippen molar-refractivity contribution < 1.29 is 13.9 Å². The number of urea groups is 1. The number of fused-ring (bicyclic) bond motifs is 1. The minimum absolute atomic E-state index is 0.0513. The summed E-state index contributed by atoms with van der Waals surface area (Å²) in [5, 5.41) is 0.578. The van der Waals surface area contributed by atoms with E-state index in [9.17, 15) is 9.18 Å². The first kappa shape index (κ1) is 17.9. The molecule has 0 saturated carbocycles. The number of nitrogens with zero attached hydrogens (tertiary/aromatic N) is 4. The fourth-order valence-corrected chi connectivity index (χ4v) is 3.52. The zero-order valence-corrected chi connectivity index (χ0v) is 15.7. The first-order valence-electron chi connectivity index (χ1n) is 8.90. The predicted molar refractivity (Wildman–Crippen MR) is 102 cm³/mol. The van der Waals surface area contributed by atoms with Gasteiger partial charge >= 0.3 is 6.03 Å². The van der Waals surface area contributed by atoms with Crippen LogP contribution in [0, 0.1) is 12.9 Å². The lowest BCUT2D eigenvalue weighted by atomic mass is 10.2. The zero-order valence-electron chi connectivity index (χ0n) is 15.0. The zero-order chi connectivity index (χ0) is 19.0. The van der Waals surface area contributed by atoms with E-state index >= 15 is 0 Å². The highest BCUT2D eigenvalue weighted by molar-refractivity contribution is 6.30. The third-order valence-electron chi connectivity index (χ3n) is 4.91. The molecule has 2 aliphatic rings. The molecule has 0 atom stereocenters. The topological polar surface area (TPSA) is 48.9 Å². The third-order valence-corrected chi connectivity index (χ3v) is 5.15. The van der Waals surface area contributed by atoms with E-state index in [2.05, 4.69) is 4.98 Å². The van der Waals surface area contributed by atoms with Crippen molar-refractivity contribution in [3.63, 3.8) is 0 Å². The quantitative estimate of drug-likeness (QED) is 0.701. The van der Waals surface area contributed by atoms with Crippen LogP contribution in [-0.4, -0.2) is 55.2 Å². The van der Waals surface area contributed by atoms with E-state index in [0.29, 0.717) is 61.5 Å². The van der Waals surface area contributed by atoms with Gasteiger partial charge in [-0.05, 0) is 25.1 Å². The maximum Gasteiger partial charge on any atom is 0.324 e. The molecule has 0 aliphatic carbocycles. The van der Waals surface area contributed by atoms with Crippen LogP contribution in [0.3, 0.4) is 0 Å². The van der Waals surface area contributed by atoms with Gasteiger partial charge in [-0.3, -0.25) is 4.90 Å². The molecule has 2 amide bonds. The van der Waals surface area contributed by atoms with E-state index < -0.39 is 5.95 Å². The highest BCUT2D eigenvalue weighted by Crippen LogP contribution is 2.34. The van der Waals surface area contributed by atoms with Gasteiger partial charge in [0.25, 0.3) is 0 Å². The summed E-state index contributed by atoms with van der Waals surface area (Å²) in [5.41, 5.74) is 1.26. The SMILES string of the molecule is Cc1ccc(N2CCN(C(=O)N3CCOc4cc(Cl)ccc43)CC2)nc1F. The second kappa shape index (κ2) is 7.23. The molecule has 1 saturated heterocycles. The van der Waals surface area contributed by atoms with Crippen LogP contribution in [0.1, 0.15) is 5.56 Å². The lowest BCUT2D eigenvalue weighted by Gasteiger charge is -2.39. The van der Waals surface area contributed by atoms with Crippen LogP contribution < -0.4 is 14.5 Å². The molecule has 1 fully saturated rings. The Morgan fingerprint density at radius 2 is 1.93 bits per heavy atom. The Morgan fingerprint density at radius 3 is 2.67 bits per heavy atom. The van der Waals surface area contributed by atoms with Crippen molar-refractivity contribution in [2.75, 3.05) is 49.1 Å². The van der Waals surface area contributed by atoms with E-state index in [1.165, 1.54) is 0 Å². The second-order valence-corrected chi connectivity index (χ2v) is 7.08. The summed E-state index contributed by atoms with van der Waals surface area (Å²) < 4.78 is 19.3. The van der Waals surface area contributed by atoms with Crippen LogP contribution in [0.5, 0.6) is 5.75 Å². The lowest BCUT2D eigenvalue weighted by Crippen LogP contribution is -2.54. The van der Waals surface area contributed by atoms with Crippen molar-refractivity contribution in [3.05, 3.63) is 46.9 Å². The van der Waals surface area contributed by atoms with Crippen molar-refractivity contribution in [1.29, 1.82) is 0 Å². The number of amides is 2. The first-order chi connectivity index (χ1) is 13.0. The molecule has 27 heavy (non-hydrogen) atoms. The number of carbonyl (C=O) groups excluding carboxylic acids is 1. The molecule has 0 spiro atoms. The van der Waals surface area contributed by atoms with E-state index in [4.69, 9.17) is 16.3 Å². The molecule has 2 aromatic rings. The summed E-state index contributed by atoms with van der Waals surface area (Å²) in [7, 11) is 0. The molecule has 1 aromatic heterocycles. The number of halogens is 2. The minimum Gasteiger partial charge on any atom is -0.489 e. The number of hydrogen-bond donors (Lipinski definition) is 0. The summed E-state index contributed by atoms with van der Waals surface area (Å²) in [5.74, 6) is 0.784. The summed E-state index contributed by atoms with van der Waals surface area (Å²) >= 11 is 6.02. The maximum atomic E-state index is 13.7. The van der Waals surface area contributed by atoms with Gasteiger partial charge in [0.05, 0.1) is 12.2 Å². The molecule has 3 heterocycles. The second-order valence-electron chi connectivity index (χ2n) is 6.65. The van der Waals surface area contributed by atoms with Crippen molar-refractivity contribution in [1.82, 2.24) is 9.88 Å². The molecule has 1 aromatic carbocycles. The van der Waals surface area contributed by atoms with E-state index in [1.54, 1.807) is 30.0 Å². The number of hydrogen-bond acceptors (Lipinski definition) is 4. The van der Waals surface area contributed by atoms with Crippen molar-refractivity contribution >= 4 is 29.1 Å². The first-order valence-corrected chi connectivity index (χ1v) is 9.27. The van der Waals surface area contributed by atoms with Gasteiger partial charge in [0, 0.05) is 42.8 Å². The van der Waals surface area contributed by atoms with E-state index in [1.807, 2.05) is 21.9 Å². The van der Waals surface area contributed by atoms with Gasteiger partial charge in [0.1, 0.15) is 18.2 Å². The van der Waals surface area contributed by atoms with Crippen LogP contribution >= 0.6 is 11.6 Å². The van der Waals surface area contributed by atoms with Gasteiger partial charge < -0.3 is 14.5 Å². The van der Waals surface area contributed by atoms with E-state index in [-0.39, 0.29) is 6.03 Å². The Bertz CT molecular complexity index is 871. The Balaban J connectivity index is 1.44. The van der Waals surface area contributed by atoms with Crippen molar-refractivity contribution in [2.45, 2.75) is 6.92 Å². The Labute approximate surface area is 162 Å². The number of piperazine rings is 1. The number of aromatic nitrogens is 1. The van der Waals surface area contributed by atoms with Crippen LogP contribution in [0.25, 0.3) is 0 Å². The average Bonchev–Trinajstić information content (AvgIpc) is 2.69. The van der Waals surface area contributed by atoms with Crippen molar-refractivity contribution in [2.24, 2.45) is 0 Å². The third kappa shape index (κ3) is 3.51. The number of ether oxygens (including phenoxy) is 1. The molecule has 142 valence electrons. The average molecular weight is 391 g/mol. The number of benzene rings is 1. The van der Waals surface area contributed by atoms with Gasteiger partial charge in [-0.2, -0.15) is 4.39 Å². The van der Waals surface area contributed by atoms with Crippen LogP contribution in [0.4, 0.5) is 20.7 Å². The van der Waals surface area contributed by atoms with Gasteiger partial charge in [-0.15, -0.1) is 0 Å². The fraction of sp³-hybridized carbons (Fsp3) is 0.368. The van der Waals surface area contributed by atoms with Crippen LogP contribution in [0.15, 0.2) is 30.3 Å². The molecule has 0 bridgehead atoms. The molecular weight excluding hydrogens is 371 g/mol. The molecule has 2 aliphatic heterocycles. The number of rotatable bonds is 1. The Kier molecular flexibility index (Phi) is 4.78. The molecular formula is C19H20ClFN4O2. The largest absolute Gasteiger partial charge is 0.489 e. The normalized spacial score (nSPS) is 16.8. The monoisotopic (exact) mass is 390 g/mol. The molecule has 0 unspecified atom stereocenters. The molecule has 0 radical (unpaired) electrons. The van der Waals surface area contributed by atoms with Gasteiger partial charge in [-0.25, -0.2) is 9.78 Å². The molecule has 6 nitrogen and oxygen atoms in total. The maximum absolute atomic E-state index is 13.7. The predicted octanol–water partition coefficient (Wildman–Crippen LogP) is 3.32. The lowest BCUT2D eigenvalue weighted by molar-refractivity contribution is 0.196. The fourth-order valence-electron chi connectivity index (χ4n) is 3.36. The standard InChI is InChI=1S/C19H20ClFN4O2/c1-13-2-5-17(22-18(13)21)23-6-8-24(9-7-23)19(26)25-10-11-27-16-12-14(20)3-4-15(16)25/h2-5,12H,6-11H2,1H3. The Hall–Kier alpha value is -2.54. The highest BCUT2D eigenvalue weighted by Gasteiger charge is 2.30. The van der Waals surface area contributed by atoms with Crippen LogP contribution in [-0.2, 0) is 0 Å². The summed E-state index contributed by atoms with van der Waals surface area (Å²) in [6, 6.07) is 8.79. The number of anilines is 2. The number of aryl methyl sites for hydroxylation is 1. The molecule has 0 N–H and O–H groups in total. The van der Waals surface area contributed by atoms with Gasteiger partial charge in [0.2, 0.25) is 5.95 Å². The highest BCUT2D eigenvalue weighted by atomic mass is 35.5. The minimum atomic E-state index is -0.449. The smallest absolute Gasteiger partial charge is 0.324 e. The van der Waals surface area contributed by atoms with Crippen molar-refractivity contribution in [3.8, 4) is 5.75 Å².